The molecule has 8 nitrogen and oxygen atoms in total. The van der Waals surface area contributed by atoms with Crippen LogP contribution >= 0.6 is 0 Å². The summed E-state index contributed by atoms with van der Waals surface area (Å²) in [5, 5.41) is 14.8. The third kappa shape index (κ3) is 9.06. The second kappa shape index (κ2) is 13.3. The van der Waals surface area contributed by atoms with Crippen LogP contribution in [0.5, 0.6) is 11.5 Å². The molecule has 1 saturated heterocycles. The molecule has 3 rings (SSSR count). The molecule has 1 aliphatic rings. The Morgan fingerprint density at radius 3 is 1.87 bits per heavy atom. The number of para-hydroxylation sites is 2. The Labute approximate surface area is 182 Å². The number of benzene rings is 2. The highest BCUT2D eigenvalue weighted by atomic mass is 16.5. The smallest absolute Gasteiger partial charge is 0.414 e. The van der Waals surface area contributed by atoms with Gasteiger partial charge in [-0.3, -0.25) is 4.90 Å². The number of carboxylic acids is 2. The Hall–Kier alpha value is -3.10. The van der Waals surface area contributed by atoms with Gasteiger partial charge in [0.1, 0.15) is 13.2 Å². The van der Waals surface area contributed by atoms with Gasteiger partial charge < -0.3 is 24.6 Å². The molecular formula is C23H30N2O6. The molecule has 0 radical (unpaired) electrons. The van der Waals surface area contributed by atoms with E-state index in [4.69, 9.17) is 29.3 Å². The maximum atomic E-state index is 9.10. The van der Waals surface area contributed by atoms with E-state index < -0.39 is 11.9 Å². The largest absolute Gasteiger partial charge is 0.488 e. The van der Waals surface area contributed by atoms with Crippen molar-refractivity contribution in [3.8, 4) is 11.5 Å². The predicted octanol–water partition coefficient (Wildman–Crippen LogP) is 2.44. The minimum absolute atomic E-state index is 0.556. The fourth-order valence-electron chi connectivity index (χ4n) is 3.04. The Morgan fingerprint density at radius 1 is 0.806 bits per heavy atom. The van der Waals surface area contributed by atoms with Crippen molar-refractivity contribution in [3.05, 3.63) is 60.2 Å². The number of rotatable bonds is 8. The number of hydrogen-bond acceptors (Lipinski definition) is 6. The molecule has 0 saturated carbocycles. The van der Waals surface area contributed by atoms with Crippen molar-refractivity contribution >= 4 is 11.9 Å². The molecule has 2 N–H and O–H groups in total. The van der Waals surface area contributed by atoms with Crippen LogP contribution in [0.15, 0.2) is 54.6 Å². The van der Waals surface area contributed by atoms with Gasteiger partial charge in [0.25, 0.3) is 0 Å². The van der Waals surface area contributed by atoms with Gasteiger partial charge in [-0.1, -0.05) is 49.4 Å². The minimum atomic E-state index is -1.82. The number of ether oxygens (including phenoxy) is 2. The van der Waals surface area contributed by atoms with E-state index in [9.17, 15) is 0 Å². The standard InChI is InChI=1S/C21H28N2O2.C2H2O4/c1-2-22-12-14-23(15-13-22)16-17-24-20-10-6-7-11-21(20)25-18-19-8-4-3-5-9-19;3-1(4)2(5)6/h3-11H,2,12-18H2,1H3;(H,3,4)(H,5,6). The lowest BCUT2D eigenvalue weighted by Crippen LogP contribution is -2.47. The molecule has 1 aliphatic heterocycles. The van der Waals surface area contributed by atoms with Gasteiger partial charge >= 0.3 is 11.9 Å². The zero-order chi connectivity index (χ0) is 22.5. The van der Waals surface area contributed by atoms with Crippen molar-refractivity contribution in [1.29, 1.82) is 0 Å². The highest BCUT2D eigenvalue weighted by Crippen LogP contribution is 2.27. The van der Waals surface area contributed by atoms with Crippen LogP contribution in [0.2, 0.25) is 0 Å². The lowest BCUT2D eigenvalue weighted by atomic mass is 10.2. The van der Waals surface area contributed by atoms with Crippen molar-refractivity contribution in [2.45, 2.75) is 13.5 Å². The van der Waals surface area contributed by atoms with Gasteiger partial charge in [-0.15, -0.1) is 0 Å². The van der Waals surface area contributed by atoms with Crippen molar-refractivity contribution in [2.75, 3.05) is 45.9 Å². The van der Waals surface area contributed by atoms with E-state index in [0.29, 0.717) is 13.2 Å². The lowest BCUT2D eigenvalue weighted by molar-refractivity contribution is -0.159. The van der Waals surface area contributed by atoms with E-state index in [-0.39, 0.29) is 0 Å². The molecular weight excluding hydrogens is 400 g/mol. The molecule has 0 aromatic heterocycles. The normalized spacial score (nSPS) is 14.2. The quantitative estimate of drug-likeness (QED) is 0.616. The summed E-state index contributed by atoms with van der Waals surface area (Å²) in [4.78, 5) is 23.2. The van der Waals surface area contributed by atoms with Gasteiger partial charge in [-0.05, 0) is 24.2 Å². The Morgan fingerprint density at radius 2 is 1.32 bits per heavy atom. The van der Waals surface area contributed by atoms with E-state index in [0.717, 1.165) is 56.3 Å². The Kier molecular flexibility index (Phi) is 10.3. The Bertz CT molecular complexity index is 795. The van der Waals surface area contributed by atoms with Crippen LogP contribution < -0.4 is 9.47 Å². The van der Waals surface area contributed by atoms with E-state index in [2.05, 4.69) is 28.9 Å². The van der Waals surface area contributed by atoms with Crippen LogP contribution in [0.3, 0.4) is 0 Å². The third-order valence-corrected chi connectivity index (χ3v) is 4.85. The summed E-state index contributed by atoms with van der Waals surface area (Å²) in [7, 11) is 0. The number of carboxylic acid groups (broad SMARTS) is 2. The van der Waals surface area contributed by atoms with Crippen LogP contribution in [-0.4, -0.2) is 77.8 Å². The maximum absolute atomic E-state index is 9.10. The first-order chi connectivity index (χ1) is 15.0. The fourth-order valence-corrected chi connectivity index (χ4v) is 3.04. The number of nitrogens with zero attached hydrogens (tertiary/aromatic N) is 2. The molecule has 2 aromatic rings. The molecule has 0 atom stereocenters. The lowest BCUT2D eigenvalue weighted by Gasteiger charge is -2.33. The van der Waals surface area contributed by atoms with Crippen molar-refractivity contribution < 1.29 is 29.3 Å². The topological polar surface area (TPSA) is 99.5 Å². The molecule has 31 heavy (non-hydrogen) atoms. The SMILES string of the molecule is CCN1CCN(CCOc2ccccc2OCc2ccccc2)CC1.O=C(O)C(=O)O. The van der Waals surface area contributed by atoms with Crippen LogP contribution in [-0.2, 0) is 16.2 Å². The average molecular weight is 431 g/mol. The summed E-state index contributed by atoms with van der Waals surface area (Å²) in [6.07, 6.45) is 0. The van der Waals surface area contributed by atoms with Crippen LogP contribution in [0, 0.1) is 0 Å². The van der Waals surface area contributed by atoms with E-state index >= 15 is 0 Å². The highest BCUT2D eigenvalue weighted by molar-refractivity contribution is 6.27. The van der Waals surface area contributed by atoms with Crippen LogP contribution in [0.1, 0.15) is 12.5 Å². The molecule has 8 heteroatoms. The van der Waals surface area contributed by atoms with Gasteiger partial charge in [0.15, 0.2) is 11.5 Å². The van der Waals surface area contributed by atoms with Gasteiger partial charge in [0.2, 0.25) is 0 Å². The third-order valence-electron chi connectivity index (χ3n) is 4.85. The fraction of sp³-hybridized carbons (Fsp3) is 0.391. The van der Waals surface area contributed by atoms with E-state index in [1.165, 1.54) is 0 Å². The zero-order valence-corrected chi connectivity index (χ0v) is 17.8. The monoisotopic (exact) mass is 430 g/mol. The first-order valence-corrected chi connectivity index (χ1v) is 10.3. The summed E-state index contributed by atoms with van der Waals surface area (Å²) in [6.45, 7) is 10.2. The van der Waals surface area contributed by atoms with Gasteiger partial charge in [0.05, 0.1) is 0 Å². The summed E-state index contributed by atoms with van der Waals surface area (Å²) in [6, 6.07) is 18.1. The first kappa shape index (κ1) is 24.2. The minimum Gasteiger partial charge on any atom is -0.488 e. The second-order valence-electron chi connectivity index (χ2n) is 6.96. The summed E-state index contributed by atoms with van der Waals surface area (Å²) in [5.74, 6) is -2.02. The van der Waals surface area contributed by atoms with E-state index in [1.807, 2.05) is 42.5 Å². The summed E-state index contributed by atoms with van der Waals surface area (Å²) < 4.78 is 12.0. The highest BCUT2D eigenvalue weighted by Gasteiger charge is 2.15. The van der Waals surface area contributed by atoms with Crippen LogP contribution in [0.25, 0.3) is 0 Å². The molecule has 2 aromatic carbocycles. The van der Waals surface area contributed by atoms with Crippen molar-refractivity contribution in [1.82, 2.24) is 9.80 Å². The molecule has 0 bridgehead atoms. The molecule has 0 amide bonds. The first-order valence-electron chi connectivity index (χ1n) is 10.3. The van der Waals surface area contributed by atoms with Gasteiger partial charge in [0, 0.05) is 32.7 Å². The number of piperazine rings is 1. The molecule has 1 heterocycles. The molecule has 0 aliphatic carbocycles. The van der Waals surface area contributed by atoms with Crippen LogP contribution in [0.4, 0.5) is 0 Å². The van der Waals surface area contributed by atoms with Gasteiger partial charge in [-0.2, -0.15) is 0 Å². The molecule has 168 valence electrons. The number of hydrogen-bond donors (Lipinski definition) is 2. The zero-order valence-electron chi connectivity index (χ0n) is 17.8. The van der Waals surface area contributed by atoms with Crippen molar-refractivity contribution in [3.63, 3.8) is 0 Å². The summed E-state index contributed by atoms with van der Waals surface area (Å²) in [5.41, 5.74) is 1.16. The maximum Gasteiger partial charge on any atom is 0.414 e. The Balaban J connectivity index is 0.000000501. The molecule has 1 fully saturated rings. The van der Waals surface area contributed by atoms with E-state index in [1.54, 1.807) is 0 Å². The predicted molar refractivity (Wildman–Crippen MR) is 117 cm³/mol. The van der Waals surface area contributed by atoms with Gasteiger partial charge in [-0.25, -0.2) is 9.59 Å². The number of carbonyl (C=O) groups is 2. The second-order valence-corrected chi connectivity index (χ2v) is 6.96. The number of aliphatic carboxylic acids is 2. The average Bonchev–Trinajstić information content (AvgIpc) is 2.80. The molecule has 0 unspecified atom stereocenters. The van der Waals surface area contributed by atoms with Crippen molar-refractivity contribution in [2.24, 2.45) is 0 Å². The molecule has 0 spiro atoms. The summed E-state index contributed by atoms with van der Waals surface area (Å²) >= 11 is 0. The number of likely N-dealkylation sites (N-methyl/N-ethyl adjacent to an activating group) is 1.